The van der Waals surface area contributed by atoms with Crippen LogP contribution in [0.4, 0.5) is 14.5 Å². The lowest BCUT2D eigenvalue weighted by Gasteiger charge is -2.25. The standard InChI is InChI=1S/C22H20F2N2O/c23-16-10-11-19(18(24)14-16)25-22(27)17-8-4-12-26-13-5-9-20(26)21(17)15-6-2-1-3-7-15/h1-3,5-7,9-11,13-14,17,21H,4,8,12H2,(H,25,27)/t17-,21+/m0/s1. The number of carbonyl (C=O) groups excluding carboxylic acids is 1. The molecular formula is C22H20F2N2O. The SMILES string of the molecule is O=C(Nc1ccc(F)cc1F)[C@H]1CCCn2cccc2[C@@H]1c1ccccc1. The minimum Gasteiger partial charge on any atom is -0.351 e. The van der Waals surface area contributed by atoms with Crippen molar-refractivity contribution in [2.24, 2.45) is 5.92 Å². The van der Waals surface area contributed by atoms with Crippen LogP contribution in [0.15, 0.2) is 66.9 Å². The first-order valence-electron chi connectivity index (χ1n) is 9.09. The highest BCUT2D eigenvalue weighted by atomic mass is 19.1. The first kappa shape index (κ1) is 17.5. The van der Waals surface area contributed by atoms with Gasteiger partial charge in [0.05, 0.1) is 11.6 Å². The Morgan fingerprint density at radius 3 is 2.63 bits per heavy atom. The van der Waals surface area contributed by atoms with E-state index in [4.69, 9.17) is 0 Å². The number of fused-ring (bicyclic) bond motifs is 1. The van der Waals surface area contributed by atoms with Gasteiger partial charge in [0.1, 0.15) is 11.6 Å². The Kier molecular flexibility index (Phi) is 4.75. The highest BCUT2D eigenvalue weighted by Crippen LogP contribution is 2.38. The van der Waals surface area contributed by atoms with E-state index >= 15 is 0 Å². The summed E-state index contributed by atoms with van der Waals surface area (Å²) in [6, 6.07) is 17.1. The number of nitrogens with zero attached hydrogens (tertiary/aromatic N) is 1. The molecule has 1 aliphatic heterocycles. The molecule has 4 rings (SSSR count). The van der Waals surface area contributed by atoms with Crippen molar-refractivity contribution in [1.82, 2.24) is 4.57 Å². The highest BCUT2D eigenvalue weighted by molar-refractivity contribution is 5.93. The Balaban J connectivity index is 1.69. The topological polar surface area (TPSA) is 34.0 Å². The number of rotatable bonds is 3. The van der Waals surface area contributed by atoms with Crippen molar-refractivity contribution in [2.45, 2.75) is 25.3 Å². The highest BCUT2D eigenvalue weighted by Gasteiger charge is 2.34. The van der Waals surface area contributed by atoms with Gasteiger partial charge in [-0.15, -0.1) is 0 Å². The van der Waals surface area contributed by atoms with Crippen molar-refractivity contribution < 1.29 is 13.6 Å². The molecule has 5 heteroatoms. The van der Waals surface area contributed by atoms with Crippen LogP contribution in [0.5, 0.6) is 0 Å². The van der Waals surface area contributed by atoms with Crippen molar-refractivity contribution in [3.8, 4) is 0 Å². The number of hydrogen-bond acceptors (Lipinski definition) is 1. The van der Waals surface area contributed by atoms with E-state index in [1.165, 1.54) is 6.07 Å². The molecule has 2 heterocycles. The van der Waals surface area contributed by atoms with Gasteiger partial charge in [-0.25, -0.2) is 8.78 Å². The molecular weight excluding hydrogens is 346 g/mol. The first-order valence-corrected chi connectivity index (χ1v) is 9.09. The van der Waals surface area contributed by atoms with Crippen molar-refractivity contribution in [2.75, 3.05) is 5.32 Å². The third-order valence-electron chi connectivity index (χ3n) is 5.18. The van der Waals surface area contributed by atoms with E-state index in [0.29, 0.717) is 6.42 Å². The van der Waals surface area contributed by atoms with E-state index in [1.807, 2.05) is 48.7 Å². The molecule has 0 unspecified atom stereocenters. The van der Waals surface area contributed by atoms with Crippen molar-refractivity contribution >= 4 is 11.6 Å². The zero-order valence-corrected chi connectivity index (χ0v) is 14.7. The molecule has 1 N–H and O–H groups in total. The molecule has 0 spiro atoms. The third kappa shape index (κ3) is 3.50. The van der Waals surface area contributed by atoms with Crippen LogP contribution in [0.2, 0.25) is 0 Å². The number of carbonyl (C=O) groups is 1. The van der Waals surface area contributed by atoms with Gasteiger partial charge in [0.25, 0.3) is 0 Å². The van der Waals surface area contributed by atoms with E-state index in [9.17, 15) is 13.6 Å². The second-order valence-electron chi connectivity index (χ2n) is 6.88. The lowest BCUT2D eigenvalue weighted by molar-refractivity contribution is -0.120. The van der Waals surface area contributed by atoms with Gasteiger partial charge in [-0.2, -0.15) is 0 Å². The molecule has 0 radical (unpaired) electrons. The average Bonchev–Trinajstić information content (AvgIpc) is 3.04. The van der Waals surface area contributed by atoms with E-state index < -0.39 is 11.6 Å². The predicted molar refractivity (Wildman–Crippen MR) is 100 cm³/mol. The second-order valence-corrected chi connectivity index (χ2v) is 6.88. The number of amides is 1. The number of nitrogens with one attached hydrogen (secondary N) is 1. The van der Waals surface area contributed by atoms with Crippen LogP contribution in [-0.4, -0.2) is 10.5 Å². The quantitative estimate of drug-likeness (QED) is 0.699. The Hall–Kier alpha value is -2.95. The van der Waals surface area contributed by atoms with Gasteiger partial charge in [-0.1, -0.05) is 30.3 Å². The number of aryl methyl sites for hydroxylation is 1. The van der Waals surface area contributed by atoms with E-state index in [2.05, 4.69) is 9.88 Å². The Labute approximate surface area is 156 Å². The molecule has 1 aliphatic rings. The number of anilines is 1. The van der Waals surface area contributed by atoms with Crippen LogP contribution in [0.3, 0.4) is 0 Å². The number of hydrogen-bond donors (Lipinski definition) is 1. The second kappa shape index (κ2) is 7.35. The van der Waals surface area contributed by atoms with Gasteiger partial charge >= 0.3 is 0 Å². The van der Waals surface area contributed by atoms with Crippen molar-refractivity contribution in [3.63, 3.8) is 0 Å². The Morgan fingerprint density at radius 2 is 1.85 bits per heavy atom. The summed E-state index contributed by atoms with van der Waals surface area (Å²) in [5.41, 5.74) is 2.14. The fraction of sp³-hybridized carbons (Fsp3) is 0.227. The van der Waals surface area contributed by atoms with Gasteiger partial charge in [0, 0.05) is 30.4 Å². The summed E-state index contributed by atoms with van der Waals surface area (Å²) in [5.74, 6) is -2.14. The molecule has 138 valence electrons. The van der Waals surface area contributed by atoms with E-state index in [-0.39, 0.29) is 23.4 Å². The summed E-state index contributed by atoms with van der Waals surface area (Å²) < 4.78 is 29.3. The zero-order chi connectivity index (χ0) is 18.8. The number of aromatic nitrogens is 1. The van der Waals surface area contributed by atoms with Crippen LogP contribution >= 0.6 is 0 Å². The van der Waals surface area contributed by atoms with Crippen LogP contribution in [0.1, 0.15) is 30.0 Å². The lowest BCUT2D eigenvalue weighted by Crippen LogP contribution is -2.29. The summed E-state index contributed by atoms with van der Waals surface area (Å²) >= 11 is 0. The van der Waals surface area contributed by atoms with Gasteiger partial charge in [0.15, 0.2) is 0 Å². The summed E-state index contributed by atoms with van der Waals surface area (Å²) in [7, 11) is 0. The Morgan fingerprint density at radius 1 is 1.04 bits per heavy atom. The van der Waals surface area contributed by atoms with Crippen molar-refractivity contribution in [1.29, 1.82) is 0 Å². The molecule has 2 atom stereocenters. The first-order chi connectivity index (χ1) is 13.1. The molecule has 0 saturated carbocycles. The molecule has 2 aromatic carbocycles. The molecule has 1 aromatic heterocycles. The molecule has 0 fully saturated rings. The smallest absolute Gasteiger partial charge is 0.228 e. The van der Waals surface area contributed by atoms with Crippen LogP contribution < -0.4 is 5.32 Å². The average molecular weight is 366 g/mol. The third-order valence-corrected chi connectivity index (χ3v) is 5.18. The number of benzene rings is 2. The molecule has 0 saturated heterocycles. The lowest BCUT2D eigenvalue weighted by atomic mass is 9.81. The minimum absolute atomic E-state index is 0.00726. The van der Waals surface area contributed by atoms with E-state index in [1.54, 1.807) is 0 Å². The largest absolute Gasteiger partial charge is 0.351 e. The van der Waals surface area contributed by atoms with Crippen LogP contribution in [-0.2, 0) is 11.3 Å². The minimum atomic E-state index is -0.767. The molecule has 0 aliphatic carbocycles. The molecule has 27 heavy (non-hydrogen) atoms. The maximum absolute atomic E-state index is 14.0. The molecule has 0 bridgehead atoms. The monoisotopic (exact) mass is 366 g/mol. The van der Waals surface area contributed by atoms with Gasteiger partial charge in [-0.05, 0) is 42.7 Å². The molecule has 3 nitrogen and oxygen atoms in total. The number of halogens is 2. The van der Waals surface area contributed by atoms with Gasteiger partial charge in [0.2, 0.25) is 5.91 Å². The fourth-order valence-corrected chi connectivity index (χ4v) is 3.93. The molecule has 1 amide bonds. The maximum atomic E-state index is 14.0. The predicted octanol–water partition coefficient (Wildman–Crippen LogP) is 4.95. The van der Waals surface area contributed by atoms with Gasteiger partial charge < -0.3 is 9.88 Å². The summed E-state index contributed by atoms with van der Waals surface area (Å²) in [4.78, 5) is 13.1. The summed E-state index contributed by atoms with van der Waals surface area (Å²) in [6.45, 7) is 0.848. The summed E-state index contributed by atoms with van der Waals surface area (Å²) in [6.07, 6.45) is 3.58. The van der Waals surface area contributed by atoms with Crippen LogP contribution in [0.25, 0.3) is 0 Å². The summed E-state index contributed by atoms with van der Waals surface area (Å²) in [5, 5.41) is 2.67. The van der Waals surface area contributed by atoms with Gasteiger partial charge in [-0.3, -0.25) is 4.79 Å². The zero-order valence-electron chi connectivity index (χ0n) is 14.7. The Bertz CT molecular complexity index is 952. The maximum Gasteiger partial charge on any atom is 0.228 e. The van der Waals surface area contributed by atoms with Crippen molar-refractivity contribution in [3.05, 3.63) is 89.8 Å². The molecule has 3 aromatic rings. The van der Waals surface area contributed by atoms with Crippen LogP contribution in [0, 0.1) is 17.6 Å². The normalized spacial score (nSPS) is 19.2. The fourth-order valence-electron chi connectivity index (χ4n) is 3.93. The van der Waals surface area contributed by atoms with E-state index in [0.717, 1.165) is 36.4 Å².